The molecule has 0 aromatic carbocycles. The Morgan fingerprint density at radius 1 is 1.42 bits per heavy atom. The monoisotopic (exact) mass is 329 g/mol. The highest BCUT2D eigenvalue weighted by Gasteiger charge is 2.29. The van der Waals surface area contributed by atoms with Crippen molar-refractivity contribution in [2.24, 2.45) is 17.6 Å². The molecule has 24 heavy (non-hydrogen) atoms. The third-order valence-electron chi connectivity index (χ3n) is 4.77. The Bertz CT molecular complexity index is 723. The van der Waals surface area contributed by atoms with E-state index in [1.54, 1.807) is 12.4 Å². The number of hydrogen-bond donors (Lipinski definition) is 1. The molecule has 2 N–H and O–H groups in total. The van der Waals surface area contributed by atoms with Crippen LogP contribution >= 0.6 is 0 Å². The SMILES string of the molecule is CC(C)Cn1ncc2cc(C(=O)N3CCC(C)CC3CN)cnc21. The number of aromatic nitrogens is 3. The molecule has 130 valence electrons. The average Bonchev–Trinajstić information content (AvgIpc) is 2.95. The minimum Gasteiger partial charge on any atom is -0.334 e. The summed E-state index contributed by atoms with van der Waals surface area (Å²) in [6.07, 6.45) is 5.48. The molecule has 2 atom stereocenters. The highest BCUT2D eigenvalue weighted by molar-refractivity contribution is 5.97. The van der Waals surface area contributed by atoms with Gasteiger partial charge in [-0.15, -0.1) is 0 Å². The van der Waals surface area contributed by atoms with Gasteiger partial charge in [-0.25, -0.2) is 9.67 Å². The van der Waals surface area contributed by atoms with E-state index < -0.39 is 0 Å². The summed E-state index contributed by atoms with van der Waals surface area (Å²) in [5.41, 5.74) is 7.35. The van der Waals surface area contributed by atoms with E-state index in [2.05, 4.69) is 30.9 Å². The smallest absolute Gasteiger partial charge is 0.255 e. The largest absolute Gasteiger partial charge is 0.334 e. The van der Waals surface area contributed by atoms with Crippen molar-refractivity contribution in [3.8, 4) is 0 Å². The first kappa shape index (κ1) is 16.9. The molecule has 6 nitrogen and oxygen atoms in total. The summed E-state index contributed by atoms with van der Waals surface area (Å²) < 4.78 is 1.90. The maximum atomic E-state index is 12.9. The second-order valence-electron chi connectivity index (χ2n) is 7.37. The van der Waals surface area contributed by atoms with Crippen molar-refractivity contribution < 1.29 is 4.79 Å². The van der Waals surface area contributed by atoms with Crippen LogP contribution in [0.2, 0.25) is 0 Å². The molecule has 0 aliphatic carbocycles. The standard InChI is InChI=1S/C18H27N5O/c1-12(2)11-23-17-14(10-21-23)7-15(9-20-17)18(24)22-5-4-13(3)6-16(22)8-19/h7,9-10,12-13,16H,4-6,8,11,19H2,1-3H3. The van der Waals surface area contributed by atoms with Gasteiger partial charge in [-0.1, -0.05) is 20.8 Å². The van der Waals surface area contributed by atoms with E-state index in [1.165, 1.54) is 0 Å². The fourth-order valence-corrected chi connectivity index (χ4v) is 3.48. The summed E-state index contributed by atoms with van der Waals surface area (Å²) in [6.45, 7) is 8.63. The zero-order valence-electron chi connectivity index (χ0n) is 14.8. The molecule has 2 aromatic heterocycles. The number of nitrogens with zero attached hydrogens (tertiary/aromatic N) is 4. The topological polar surface area (TPSA) is 77.0 Å². The number of pyridine rings is 1. The highest BCUT2D eigenvalue weighted by Crippen LogP contribution is 2.24. The second-order valence-corrected chi connectivity index (χ2v) is 7.37. The van der Waals surface area contributed by atoms with Gasteiger partial charge >= 0.3 is 0 Å². The van der Waals surface area contributed by atoms with Gasteiger partial charge < -0.3 is 10.6 Å². The number of amides is 1. The number of fused-ring (bicyclic) bond motifs is 1. The van der Waals surface area contributed by atoms with Gasteiger partial charge in [0.15, 0.2) is 5.65 Å². The summed E-state index contributed by atoms with van der Waals surface area (Å²) in [5.74, 6) is 1.15. The summed E-state index contributed by atoms with van der Waals surface area (Å²) in [7, 11) is 0. The van der Waals surface area contributed by atoms with Crippen molar-refractivity contribution in [1.82, 2.24) is 19.7 Å². The Morgan fingerprint density at radius 2 is 2.21 bits per heavy atom. The first-order chi connectivity index (χ1) is 11.5. The maximum Gasteiger partial charge on any atom is 0.255 e. The molecular formula is C18H27N5O. The molecule has 1 fully saturated rings. The second kappa shape index (κ2) is 6.89. The van der Waals surface area contributed by atoms with Crippen LogP contribution in [0.1, 0.15) is 44.0 Å². The lowest BCUT2D eigenvalue weighted by molar-refractivity contribution is 0.0573. The number of carbonyl (C=O) groups excluding carboxylic acids is 1. The molecule has 2 aromatic rings. The van der Waals surface area contributed by atoms with Gasteiger partial charge in [0.05, 0.1) is 11.8 Å². The molecule has 1 aliphatic heterocycles. The van der Waals surface area contributed by atoms with E-state index in [9.17, 15) is 4.79 Å². The van der Waals surface area contributed by atoms with Gasteiger partial charge in [0.25, 0.3) is 5.91 Å². The van der Waals surface area contributed by atoms with Crippen LogP contribution in [-0.4, -0.2) is 44.7 Å². The summed E-state index contributed by atoms with van der Waals surface area (Å²) in [5, 5.41) is 5.31. The van der Waals surface area contributed by atoms with E-state index in [4.69, 9.17) is 5.73 Å². The van der Waals surface area contributed by atoms with Crippen LogP contribution in [0.15, 0.2) is 18.5 Å². The van der Waals surface area contributed by atoms with E-state index in [0.29, 0.717) is 23.9 Å². The summed E-state index contributed by atoms with van der Waals surface area (Å²) in [4.78, 5) is 19.3. The van der Waals surface area contributed by atoms with Crippen molar-refractivity contribution >= 4 is 16.9 Å². The molecule has 3 rings (SSSR count). The molecule has 2 unspecified atom stereocenters. The Kier molecular flexibility index (Phi) is 4.85. The zero-order valence-corrected chi connectivity index (χ0v) is 14.8. The third-order valence-corrected chi connectivity index (χ3v) is 4.77. The zero-order chi connectivity index (χ0) is 17.3. The van der Waals surface area contributed by atoms with Crippen LogP contribution in [0.25, 0.3) is 11.0 Å². The molecule has 3 heterocycles. The van der Waals surface area contributed by atoms with E-state index in [-0.39, 0.29) is 11.9 Å². The Morgan fingerprint density at radius 3 is 2.92 bits per heavy atom. The molecule has 6 heteroatoms. The normalized spacial score (nSPS) is 21.6. The first-order valence-electron chi connectivity index (χ1n) is 8.82. The van der Waals surface area contributed by atoms with Gasteiger partial charge in [0.1, 0.15) is 0 Å². The number of carbonyl (C=O) groups is 1. The molecule has 1 amide bonds. The molecule has 0 radical (unpaired) electrons. The number of likely N-dealkylation sites (tertiary alicyclic amines) is 1. The fourth-order valence-electron chi connectivity index (χ4n) is 3.48. The van der Waals surface area contributed by atoms with E-state index >= 15 is 0 Å². The molecule has 0 bridgehead atoms. The van der Waals surface area contributed by atoms with Gasteiger partial charge in [-0.3, -0.25) is 4.79 Å². The molecular weight excluding hydrogens is 302 g/mol. The maximum absolute atomic E-state index is 12.9. The number of hydrogen-bond acceptors (Lipinski definition) is 4. The van der Waals surface area contributed by atoms with Crippen LogP contribution in [-0.2, 0) is 6.54 Å². The summed E-state index contributed by atoms with van der Waals surface area (Å²) >= 11 is 0. The molecule has 1 aliphatic rings. The minimum absolute atomic E-state index is 0.0309. The third kappa shape index (κ3) is 3.29. The van der Waals surface area contributed by atoms with Crippen molar-refractivity contribution in [2.75, 3.05) is 13.1 Å². The quantitative estimate of drug-likeness (QED) is 0.933. The molecule has 0 spiro atoms. The predicted octanol–water partition coefficient (Wildman–Crippen LogP) is 2.29. The number of rotatable bonds is 4. The van der Waals surface area contributed by atoms with Gasteiger partial charge in [-0.05, 0) is 30.7 Å². The van der Waals surface area contributed by atoms with Crippen LogP contribution in [0.4, 0.5) is 0 Å². The van der Waals surface area contributed by atoms with Gasteiger partial charge in [-0.2, -0.15) is 5.10 Å². The lowest BCUT2D eigenvalue weighted by Crippen LogP contribution is -2.49. The predicted molar refractivity (Wildman–Crippen MR) is 94.6 cm³/mol. The number of piperidine rings is 1. The number of nitrogens with two attached hydrogens (primary N) is 1. The average molecular weight is 329 g/mol. The fraction of sp³-hybridized carbons (Fsp3) is 0.611. The Labute approximate surface area is 143 Å². The van der Waals surface area contributed by atoms with Crippen LogP contribution in [0.3, 0.4) is 0 Å². The van der Waals surface area contributed by atoms with E-state index in [0.717, 1.165) is 37.0 Å². The minimum atomic E-state index is 0.0309. The van der Waals surface area contributed by atoms with Gasteiger partial charge in [0.2, 0.25) is 0 Å². The Hall–Kier alpha value is -1.95. The van der Waals surface area contributed by atoms with E-state index in [1.807, 2.05) is 15.6 Å². The Balaban J connectivity index is 1.85. The van der Waals surface area contributed by atoms with Crippen LogP contribution in [0.5, 0.6) is 0 Å². The van der Waals surface area contributed by atoms with Crippen LogP contribution in [0, 0.1) is 11.8 Å². The summed E-state index contributed by atoms with van der Waals surface area (Å²) in [6, 6.07) is 2.03. The van der Waals surface area contributed by atoms with Crippen molar-refractivity contribution in [3.05, 3.63) is 24.0 Å². The highest BCUT2D eigenvalue weighted by atomic mass is 16.2. The molecule has 0 saturated carbocycles. The van der Waals surface area contributed by atoms with Gasteiger partial charge in [0, 0.05) is 37.3 Å². The van der Waals surface area contributed by atoms with Crippen molar-refractivity contribution in [3.63, 3.8) is 0 Å². The lowest BCUT2D eigenvalue weighted by atomic mass is 9.92. The molecule has 1 saturated heterocycles. The first-order valence-corrected chi connectivity index (χ1v) is 8.82. The van der Waals surface area contributed by atoms with Crippen LogP contribution < -0.4 is 5.73 Å². The van der Waals surface area contributed by atoms with Crippen molar-refractivity contribution in [1.29, 1.82) is 0 Å². The van der Waals surface area contributed by atoms with Crippen molar-refractivity contribution in [2.45, 2.75) is 46.2 Å². The lowest BCUT2D eigenvalue weighted by Gasteiger charge is -2.38.